The minimum Gasteiger partial charge on any atom is -0.356 e. The fraction of sp³-hybridized carbons (Fsp3) is 0. The van der Waals surface area contributed by atoms with Crippen LogP contribution < -0.4 is 5.32 Å². The second-order valence-electron chi connectivity index (χ2n) is 3.62. The van der Waals surface area contributed by atoms with Gasteiger partial charge in [-0.2, -0.15) is 9.97 Å². The molecule has 0 unspecified atom stereocenters. The van der Waals surface area contributed by atoms with Gasteiger partial charge in [-0.15, -0.1) is 0 Å². The van der Waals surface area contributed by atoms with E-state index in [1.54, 1.807) is 12.3 Å². The summed E-state index contributed by atoms with van der Waals surface area (Å²) >= 11 is 9.20. The number of halogens is 2. The van der Waals surface area contributed by atoms with Crippen molar-refractivity contribution in [3.8, 4) is 0 Å². The van der Waals surface area contributed by atoms with Gasteiger partial charge >= 0.3 is 0 Å². The summed E-state index contributed by atoms with van der Waals surface area (Å²) in [4.78, 5) is 29.5. The number of hydrogen-bond donors (Lipinski definition) is 3. The van der Waals surface area contributed by atoms with E-state index in [-0.39, 0.29) is 17.0 Å². The Bertz CT molecular complexity index is 766. The van der Waals surface area contributed by atoms with Gasteiger partial charge in [-0.25, -0.2) is 4.98 Å². The van der Waals surface area contributed by atoms with Crippen LogP contribution in [0.5, 0.6) is 0 Å². The highest BCUT2D eigenvalue weighted by molar-refractivity contribution is 9.10. The molecular weight excluding hydrogens is 336 g/mol. The van der Waals surface area contributed by atoms with Crippen LogP contribution >= 0.6 is 27.5 Å². The maximum absolute atomic E-state index is 11.9. The lowest BCUT2D eigenvalue weighted by Crippen LogP contribution is -2.14. The van der Waals surface area contributed by atoms with E-state index in [1.807, 2.05) is 0 Å². The second-order valence-corrected chi connectivity index (χ2v) is 4.90. The predicted octanol–water partition coefficient (Wildman–Crippen LogP) is 2.35. The van der Waals surface area contributed by atoms with Crippen LogP contribution in [0.15, 0.2) is 23.1 Å². The number of anilines is 1. The molecule has 0 aliphatic carbocycles. The Kier molecular flexibility index (Phi) is 2.96. The Balaban J connectivity index is 1.90. The van der Waals surface area contributed by atoms with Crippen LogP contribution in [0.2, 0.25) is 5.15 Å². The van der Waals surface area contributed by atoms with E-state index in [1.165, 1.54) is 6.33 Å². The minimum absolute atomic E-state index is 0.0975. The molecule has 0 aliphatic heterocycles. The first-order chi connectivity index (χ1) is 9.13. The molecule has 3 aromatic rings. The smallest absolute Gasteiger partial charge is 0.274 e. The fourth-order valence-corrected chi connectivity index (χ4v) is 2.08. The molecule has 7 nitrogen and oxygen atoms in total. The van der Waals surface area contributed by atoms with Gasteiger partial charge in [0.05, 0.1) is 6.33 Å². The quantitative estimate of drug-likeness (QED) is 0.623. The molecular formula is C10H6BrClN6O. The normalized spacial score (nSPS) is 10.8. The lowest BCUT2D eigenvalue weighted by atomic mass is 10.4. The van der Waals surface area contributed by atoms with E-state index in [2.05, 4.69) is 46.2 Å². The number of carbonyl (C=O) groups excluding carboxylic acids is 1. The van der Waals surface area contributed by atoms with E-state index in [4.69, 9.17) is 11.6 Å². The number of H-pyrrole nitrogens is 2. The summed E-state index contributed by atoms with van der Waals surface area (Å²) in [5, 5.41) is 2.74. The highest BCUT2D eigenvalue weighted by atomic mass is 79.9. The molecule has 0 spiro atoms. The van der Waals surface area contributed by atoms with Gasteiger partial charge in [-0.1, -0.05) is 11.6 Å². The molecule has 3 N–H and O–H groups in total. The Morgan fingerprint density at radius 3 is 2.95 bits per heavy atom. The average molecular weight is 342 g/mol. The first-order valence-electron chi connectivity index (χ1n) is 5.15. The van der Waals surface area contributed by atoms with Gasteiger partial charge in [0.2, 0.25) is 5.95 Å². The third-order valence-electron chi connectivity index (χ3n) is 2.36. The fourth-order valence-electron chi connectivity index (χ4n) is 1.52. The zero-order chi connectivity index (χ0) is 13.4. The van der Waals surface area contributed by atoms with Crippen molar-refractivity contribution in [2.45, 2.75) is 0 Å². The SMILES string of the molecule is O=C(Nc1nc(Cl)c2[nH]cnc2n1)c1cc(Br)c[nH]1. The van der Waals surface area contributed by atoms with Gasteiger partial charge < -0.3 is 9.97 Å². The number of aromatic nitrogens is 5. The zero-order valence-corrected chi connectivity index (χ0v) is 11.6. The van der Waals surface area contributed by atoms with E-state index >= 15 is 0 Å². The summed E-state index contributed by atoms with van der Waals surface area (Å²) in [6.45, 7) is 0. The molecule has 3 aromatic heterocycles. The number of nitrogens with zero attached hydrogens (tertiary/aromatic N) is 3. The highest BCUT2D eigenvalue weighted by Gasteiger charge is 2.13. The number of carbonyl (C=O) groups is 1. The van der Waals surface area contributed by atoms with Crippen molar-refractivity contribution >= 4 is 50.6 Å². The molecule has 0 aliphatic rings. The summed E-state index contributed by atoms with van der Waals surface area (Å²) in [6.07, 6.45) is 3.11. The van der Waals surface area contributed by atoms with Gasteiger partial charge in [-0.05, 0) is 22.0 Å². The van der Waals surface area contributed by atoms with E-state index in [0.717, 1.165) is 4.47 Å². The number of nitrogens with one attached hydrogen (secondary N) is 3. The molecule has 19 heavy (non-hydrogen) atoms. The molecule has 3 heterocycles. The van der Waals surface area contributed by atoms with Crippen molar-refractivity contribution in [2.75, 3.05) is 5.32 Å². The van der Waals surface area contributed by atoms with Crippen LogP contribution in [0, 0.1) is 0 Å². The Morgan fingerprint density at radius 1 is 1.37 bits per heavy atom. The van der Waals surface area contributed by atoms with E-state index < -0.39 is 0 Å². The molecule has 0 atom stereocenters. The molecule has 3 rings (SSSR count). The maximum atomic E-state index is 11.9. The Labute approximate surface area is 119 Å². The topological polar surface area (TPSA) is 99.3 Å². The molecule has 0 fully saturated rings. The maximum Gasteiger partial charge on any atom is 0.274 e. The second kappa shape index (κ2) is 4.63. The molecule has 0 saturated carbocycles. The van der Waals surface area contributed by atoms with Gasteiger partial charge in [0, 0.05) is 10.7 Å². The van der Waals surface area contributed by atoms with Gasteiger partial charge in [0.15, 0.2) is 10.8 Å². The lowest BCUT2D eigenvalue weighted by molar-refractivity contribution is 0.102. The number of hydrogen-bond acceptors (Lipinski definition) is 4. The molecule has 0 radical (unpaired) electrons. The first kappa shape index (κ1) is 12.1. The summed E-state index contributed by atoms with van der Waals surface area (Å²) in [5.41, 5.74) is 1.30. The summed E-state index contributed by atoms with van der Waals surface area (Å²) in [5.74, 6) is -0.267. The van der Waals surface area contributed by atoms with Crippen molar-refractivity contribution in [3.63, 3.8) is 0 Å². The van der Waals surface area contributed by atoms with Crippen molar-refractivity contribution < 1.29 is 4.79 Å². The number of fused-ring (bicyclic) bond motifs is 1. The monoisotopic (exact) mass is 340 g/mol. The largest absolute Gasteiger partial charge is 0.356 e. The van der Waals surface area contributed by atoms with Crippen LogP contribution in [0.1, 0.15) is 10.5 Å². The Hall–Kier alpha value is -1.93. The highest BCUT2D eigenvalue weighted by Crippen LogP contribution is 2.18. The van der Waals surface area contributed by atoms with E-state index in [9.17, 15) is 4.79 Å². The molecule has 9 heteroatoms. The summed E-state index contributed by atoms with van der Waals surface area (Å²) in [7, 11) is 0. The minimum atomic E-state index is -0.364. The van der Waals surface area contributed by atoms with Crippen LogP contribution in [0.25, 0.3) is 11.2 Å². The first-order valence-corrected chi connectivity index (χ1v) is 6.32. The number of rotatable bonds is 2. The van der Waals surface area contributed by atoms with Gasteiger partial charge in [0.1, 0.15) is 11.2 Å². The molecule has 1 amide bonds. The molecule has 0 saturated heterocycles. The van der Waals surface area contributed by atoms with Crippen molar-refractivity contribution in [1.82, 2.24) is 24.9 Å². The summed E-state index contributed by atoms with van der Waals surface area (Å²) in [6, 6.07) is 1.64. The molecule has 96 valence electrons. The molecule has 0 aromatic carbocycles. The lowest BCUT2D eigenvalue weighted by Gasteiger charge is -2.02. The third-order valence-corrected chi connectivity index (χ3v) is 3.09. The Morgan fingerprint density at radius 2 is 2.21 bits per heavy atom. The summed E-state index contributed by atoms with van der Waals surface area (Å²) < 4.78 is 0.777. The predicted molar refractivity (Wildman–Crippen MR) is 73.1 cm³/mol. The van der Waals surface area contributed by atoms with Crippen molar-refractivity contribution in [3.05, 3.63) is 33.9 Å². The van der Waals surface area contributed by atoms with Crippen LogP contribution in [-0.2, 0) is 0 Å². The average Bonchev–Trinajstić information content (AvgIpc) is 2.97. The van der Waals surface area contributed by atoms with Crippen molar-refractivity contribution in [1.29, 1.82) is 0 Å². The standard InChI is InChI=1S/C10H6BrClN6O/c11-4-1-5(13-2-4)9(19)18-10-16-7(12)6-8(17-10)15-3-14-6/h1-3,13H,(H2,14,15,16,17,18,19). The van der Waals surface area contributed by atoms with Gasteiger partial charge in [-0.3, -0.25) is 10.1 Å². The molecule has 0 bridgehead atoms. The number of aromatic amines is 2. The van der Waals surface area contributed by atoms with E-state index in [0.29, 0.717) is 16.9 Å². The third kappa shape index (κ3) is 2.32. The zero-order valence-electron chi connectivity index (χ0n) is 9.24. The number of imidazole rings is 1. The van der Waals surface area contributed by atoms with Crippen LogP contribution in [0.3, 0.4) is 0 Å². The van der Waals surface area contributed by atoms with Crippen molar-refractivity contribution in [2.24, 2.45) is 0 Å². The van der Waals surface area contributed by atoms with Gasteiger partial charge in [0.25, 0.3) is 5.91 Å². The van der Waals surface area contributed by atoms with Crippen LogP contribution in [0.4, 0.5) is 5.95 Å². The number of amides is 1. The van der Waals surface area contributed by atoms with Crippen LogP contribution in [-0.4, -0.2) is 30.8 Å².